The number of rotatable bonds is 4. The summed E-state index contributed by atoms with van der Waals surface area (Å²) < 4.78 is 31.4. The minimum atomic E-state index is -3.46. The average molecular weight is 299 g/mol. The molecule has 7 heteroatoms. The van der Waals surface area contributed by atoms with Crippen molar-refractivity contribution in [1.29, 1.82) is 0 Å². The molecule has 3 N–H and O–H groups in total. The van der Waals surface area contributed by atoms with E-state index in [0.29, 0.717) is 5.69 Å². The summed E-state index contributed by atoms with van der Waals surface area (Å²) in [6.07, 6.45) is 2.18. The number of nitrogens with one attached hydrogen (secondary N) is 1. The van der Waals surface area contributed by atoms with Crippen LogP contribution in [-0.2, 0) is 14.8 Å². The molecule has 0 saturated carbocycles. The number of ether oxygens (including phenoxy) is 1. The SMILES string of the molecule is CNS(=O)(=O)c1ccc(N)c(N2CCCC(OC)C2)c1. The Morgan fingerprint density at radius 3 is 2.85 bits per heavy atom. The number of methoxy groups -OCH3 is 1. The van der Waals surface area contributed by atoms with Crippen molar-refractivity contribution >= 4 is 21.4 Å². The van der Waals surface area contributed by atoms with Gasteiger partial charge in [-0.2, -0.15) is 0 Å². The van der Waals surface area contributed by atoms with Crippen LogP contribution in [0.25, 0.3) is 0 Å². The van der Waals surface area contributed by atoms with Gasteiger partial charge in [0.15, 0.2) is 0 Å². The van der Waals surface area contributed by atoms with Crippen LogP contribution >= 0.6 is 0 Å². The van der Waals surface area contributed by atoms with Crippen molar-refractivity contribution in [3.05, 3.63) is 18.2 Å². The first-order valence-electron chi connectivity index (χ1n) is 6.58. The van der Waals surface area contributed by atoms with Gasteiger partial charge in [0.25, 0.3) is 0 Å². The third-order valence-corrected chi connectivity index (χ3v) is 5.05. The van der Waals surface area contributed by atoms with E-state index >= 15 is 0 Å². The first-order chi connectivity index (χ1) is 9.47. The van der Waals surface area contributed by atoms with E-state index < -0.39 is 10.0 Å². The summed E-state index contributed by atoms with van der Waals surface area (Å²) in [7, 11) is -0.369. The smallest absolute Gasteiger partial charge is 0.240 e. The fourth-order valence-corrected chi connectivity index (χ4v) is 3.18. The highest BCUT2D eigenvalue weighted by Crippen LogP contribution is 2.29. The predicted molar refractivity (Wildman–Crippen MR) is 79.3 cm³/mol. The van der Waals surface area contributed by atoms with Crippen molar-refractivity contribution in [3.63, 3.8) is 0 Å². The standard InChI is InChI=1S/C13H21N3O3S/c1-15-20(17,18)11-5-6-12(14)13(8-11)16-7-3-4-10(9-16)19-2/h5-6,8,10,15H,3-4,7,9,14H2,1-2H3. The Labute approximate surface area is 120 Å². The van der Waals surface area contributed by atoms with Crippen LogP contribution in [0.15, 0.2) is 23.1 Å². The molecule has 0 aliphatic carbocycles. The van der Waals surface area contributed by atoms with E-state index in [0.717, 1.165) is 31.6 Å². The lowest BCUT2D eigenvalue weighted by Crippen LogP contribution is -2.39. The van der Waals surface area contributed by atoms with Gasteiger partial charge in [-0.25, -0.2) is 13.1 Å². The number of piperidine rings is 1. The fraction of sp³-hybridized carbons (Fsp3) is 0.538. The molecule has 112 valence electrons. The minimum Gasteiger partial charge on any atom is -0.397 e. The van der Waals surface area contributed by atoms with Gasteiger partial charge >= 0.3 is 0 Å². The molecule has 0 spiro atoms. The first kappa shape index (κ1) is 15.1. The van der Waals surface area contributed by atoms with Crippen LogP contribution in [0.4, 0.5) is 11.4 Å². The van der Waals surface area contributed by atoms with Gasteiger partial charge in [0.05, 0.1) is 22.4 Å². The Morgan fingerprint density at radius 2 is 2.20 bits per heavy atom. The Balaban J connectivity index is 2.34. The van der Waals surface area contributed by atoms with E-state index in [2.05, 4.69) is 9.62 Å². The number of nitrogens with zero attached hydrogens (tertiary/aromatic N) is 1. The van der Waals surface area contributed by atoms with Gasteiger partial charge in [-0.3, -0.25) is 0 Å². The molecule has 1 saturated heterocycles. The van der Waals surface area contributed by atoms with Crippen LogP contribution in [0.2, 0.25) is 0 Å². The molecule has 6 nitrogen and oxygen atoms in total. The number of hydrogen-bond acceptors (Lipinski definition) is 5. The van der Waals surface area contributed by atoms with E-state index in [1.807, 2.05) is 0 Å². The normalized spacial score (nSPS) is 20.1. The van der Waals surface area contributed by atoms with E-state index in [1.165, 1.54) is 13.1 Å². The highest BCUT2D eigenvalue weighted by molar-refractivity contribution is 7.89. The number of anilines is 2. The molecule has 1 heterocycles. The van der Waals surface area contributed by atoms with Crippen LogP contribution in [0.3, 0.4) is 0 Å². The summed E-state index contributed by atoms with van der Waals surface area (Å²) in [4.78, 5) is 2.31. The predicted octanol–water partition coefficient (Wildman–Crippen LogP) is 0.792. The zero-order chi connectivity index (χ0) is 14.8. The van der Waals surface area contributed by atoms with E-state index in [9.17, 15) is 8.42 Å². The van der Waals surface area contributed by atoms with E-state index in [1.54, 1.807) is 19.2 Å². The second-order valence-electron chi connectivity index (χ2n) is 4.87. The van der Waals surface area contributed by atoms with Crippen LogP contribution in [0.1, 0.15) is 12.8 Å². The molecule has 1 unspecified atom stereocenters. The van der Waals surface area contributed by atoms with Crippen molar-refractivity contribution in [2.45, 2.75) is 23.8 Å². The van der Waals surface area contributed by atoms with Gasteiger partial charge in [0.1, 0.15) is 0 Å². The number of nitrogens with two attached hydrogens (primary N) is 1. The second-order valence-corrected chi connectivity index (χ2v) is 6.76. The van der Waals surface area contributed by atoms with Crippen molar-refractivity contribution in [3.8, 4) is 0 Å². The van der Waals surface area contributed by atoms with Crippen molar-refractivity contribution in [2.75, 3.05) is 37.9 Å². The summed E-state index contributed by atoms with van der Waals surface area (Å²) in [6, 6.07) is 4.78. The van der Waals surface area contributed by atoms with E-state index in [-0.39, 0.29) is 11.0 Å². The topological polar surface area (TPSA) is 84.7 Å². The summed E-state index contributed by atoms with van der Waals surface area (Å²) >= 11 is 0. The van der Waals surface area contributed by atoms with Gasteiger partial charge in [-0.1, -0.05) is 0 Å². The van der Waals surface area contributed by atoms with Gasteiger partial charge in [0.2, 0.25) is 10.0 Å². The molecule has 20 heavy (non-hydrogen) atoms. The maximum absolute atomic E-state index is 11.9. The Morgan fingerprint density at radius 1 is 1.45 bits per heavy atom. The Hall–Kier alpha value is -1.31. The van der Waals surface area contributed by atoms with Crippen LogP contribution in [0, 0.1) is 0 Å². The Bertz CT molecular complexity index is 574. The summed E-state index contributed by atoms with van der Waals surface area (Å²) in [5, 5.41) is 0. The largest absolute Gasteiger partial charge is 0.397 e. The molecule has 1 aromatic carbocycles. The molecule has 1 aliphatic rings. The molecule has 2 rings (SSSR count). The lowest BCUT2D eigenvalue weighted by atomic mass is 10.1. The first-order valence-corrected chi connectivity index (χ1v) is 8.07. The second kappa shape index (κ2) is 5.99. The molecule has 0 amide bonds. The van der Waals surface area contributed by atoms with Gasteiger partial charge in [-0.05, 0) is 38.1 Å². The number of hydrogen-bond donors (Lipinski definition) is 2. The summed E-state index contributed by atoms with van der Waals surface area (Å²) in [6.45, 7) is 1.58. The molecule has 0 bridgehead atoms. The molecule has 0 radical (unpaired) electrons. The number of benzene rings is 1. The Kier molecular flexibility index (Phi) is 4.52. The lowest BCUT2D eigenvalue weighted by molar-refractivity contribution is 0.0894. The van der Waals surface area contributed by atoms with Crippen LogP contribution in [-0.4, -0.2) is 41.8 Å². The molecular weight excluding hydrogens is 278 g/mol. The van der Waals surface area contributed by atoms with E-state index in [4.69, 9.17) is 10.5 Å². The molecule has 1 aliphatic heterocycles. The van der Waals surface area contributed by atoms with Crippen molar-refractivity contribution in [2.24, 2.45) is 0 Å². The third-order valence-electron chi connectivity index (χ3n) is 3.63. The van der Waals surface area contributed by atoms with Crippen molar-refractivity contribution in [1.82, 2.24) is 4.72 Å². The maximum atomic E-state index is 11.9. The zero-order valence-corrected chi connectivity index (χ0v) is 12.6. The van der Waals surface area contributed by atoms with Crippen LogP contribution in [0.5, 0.6) is 0 Å². The highest BCUT2D eigenvalue weighted by Gasteiger charge is 2.22. The number of sulfonamides is 1. The molecule has 1 aromatic rings. The molecule has 1 fully saturated rings. The van der Waals surface area contributed by atoms with Gasteiger partial charge in [0, 0.05) is 20.2 Å². The molecular formula is C13H21N3O3S. The highest BCUT2D eigenvalue weighted by atomic mass is 32.2. The van der Waals surface area contributed by atoms with Crippen molar-refractivity contribution < 1.29 is 13.2 Å². The zero-order valence-electron chi connectivity index (χ0n) is 11.8. The fourth-order valence-electron chi connectivity index (χ4n) is 2.43. The van der Waals surface area contributed by atoms with Gasteiger partial charge in [-0.15, -0.1) is 0 Å². The minimum absolute atomic E-state index is 0.160. The summed E-state index contributed by atoms with van der Waals surface area (Å²) in [5.74, 6) is 0. The number of nitrogen functional groups attached to an aromatic ring is 1. The molecule has 0 aromatic heterocycles. The monoisotopic (exact) mass is 299 g/mol. The maximum Gasteiger partial charge on any atom is 0.240 e. The third kappa shape index (κ3) is 3.05. The van der Waals surface area contributed by atoms with Crippen LogP contribution < -0.4 is 15.4 Å². The summed E-state index contributed by atoms with van der Waals surface area (Å²) in [5.41, 5.74) is 7.33. The quantitative estimate of drug-likeness (QED) is 0.803. The van der Waals surface area contributed by atoms with Gasteiger partial charge < -0.3 is 15.4 Å². The average Bonchev–Trinajstić information content (AvgIpc) is 2.47. The molecule has 1 atom stereocenters. The lowest BCUT2D eigenvalue weighted by Gasteiger charge is -2.34.